The summed E-state index contributed by atoms with van der Waals surface area (Å²) < 4.78 is 0.343. The van der Waals surface area contributed by atoms with E-state index in [0.717, 1.165) is 31.4 Å². The summed E-state index contributed by atoms with van der Waals surface area (Å²) in [5, 5.41) is 12.5. The average Bonchev–Trinajstić information content (AvgIpc) is 3.10. The highest BCUT2D eigenvalue weighted by molar-refractivity contribution is 6.30. The van der Waals surface area contributed by atoms with Crippen LogP contribution in [0.4, 0.5) is 0 Å². The van der Waals surface area contributed by atoms with Crippen LogP contribution in [-0.4, -0.2) is 84.2 Å². The van der Waals surface area contributed by atoms with Gasteiger partial charge in [-0.3, -0.25) is 9.69 Å². The number of halogens is 3. The molecule has 2 heterocycles. The molecule has 0 aromatic heterocycles. The van der Waals surface area contributed by atoms with Crippen LogP contribution in [-0.2, 0) is 20.6 Å². The third-order valence-electron chi connectivity index (χ3n) is 11.4. The number of rotatable bonds is 13. The lowest BCUT2D eigenvalue weighted by Gasteiger charge is -2.52. The molecule has 3 aromatic rings. The maximum absolute atomic E-state index is 14.7. The fourth-order valence-corrected chi connectivity index (χ4v) is 8.39. The van der Waals surface area contributed by atoms with Crippen LogP contribution >= 0.6 is 36.4 Å². The molecule has 5 rings (SSSR count). The molecule has 10 heteroatoms. The maximum Gasteiger partial charge on any atom is 0.315 e. The van der Waals surface area contributed by atoms with Crippen molar-refractivity contribution in [1.82, 2.24) is 9.80 Å². The molecule has 274 valence electrons. The maximum atomic E-state index is 14.7. The van der Waals surface area contributed by atoms with E-state index in [1.165, 1.54) is 11.1 Å². The minimum atomic E-state index is -0.951. The molecule has 50 heavy (non-hydrogen) atoms. The number of primary amides is 1. The first kappa shape index (κ1) is 41.9. The number of carbonyl (C=O) groups is 2. The number of hydrogen-bond acceptors (Lipinski definition) is 5. The number of hydrogen-bond donors (Lipinski definition) is 2. The van der Waals surface area contributed by atoms with Crippen molar-refractivity contribution in [2.75, 3.05) is 46.8 Å². The summed E-state index contributed by atoms with van der Waals surface area (Å²) in [7, 11) is 4.08. The molecule has 0 aliphatic carbocycles. The molecular formula is C40H56Cl3N4O3+. The van der Waals surface area contributed by atoms with Gasteiger partial charge >= 0.3 is 5.91 Å². The molecule has 0 bridgehead atoms. The molecule has 2 amide bonds. The molecule has 2 aliphatic heterocycles. The average molecular weight is 747 g/mol. The van der Waals surface area contributed by atoms with Crippen LogP contribution in [0.2, 0.25) is 5.02 Å². The van der Waals surface area contributed by atoms with Crippen LogP contribution in [0, 0.1) is 5.92 Å². The first-order valence-corrected chi connectivity index (χ1v) is 18.0. The van der Waals surface area contributed by atoms with Gasteiger partial charge in [-0.25, -0.2) is 9.28 Å². The van der Waals surface area contributed by atoms with Crippen LogP contribution in [0.3, 0.4) is 0 Å². The summed E-state index contributed by atoms with van der Waals surface area (Å²) in [5.41, 5.74) is 7.98. The summed E-state index contributed by atoms with van der Waals surface area (Å²) in [4.78, 5) is 31.6. The highest BCUT2D eigenvalue weighted by Gasteiger charge is 2.51. The Hall–Kier alpha value is -2.49. The minimum absolute atomic E-state index is 0. The number of nitrogens with two attached hydrogens (primary N) is 1. The molecule has 0 radical (unpaired) electrons. The van der Waals surface area contributed by atoms with Crippen molar-refractivity contribution in [3.8, 4) is 0 Å². The molecule has 0 spiro atoms. The van der Waals surface area contributed by atoms with E-state index < -0.39 is 5.60 Å². The fourth-order valence-electron chi connectivity index (χ4n) is 8.26. The van der Waals surface area contributed by atoms with Crippen LogP contribution in [0.1, 0.15) is 75.0 Å². The van der Waals surface area contributed by atoms with Gasteiger partial charge < -0.3 is 15.7 Å². The highest BCUT2D eigenvalue weighted by atomic mass is 35.5. The van der Waals surface area contributed by atoms with Crippen molar-refractivity contribution in [3.05, 3.63) is 107 Å². The van der Waals surface area contributed by atoms with Crippen LogP contribution in [0.5, 0.6) is 0 Å². The van der Waals surface area contributed by atoms with Gasteiger partial charge in [0.1, 0.15) is 0 Å². The third kappa shape index (κ3) is 9.48. The topological polar surface area (TPSA) is 86.9 Å². The lowest BCUT2D eigenvalue weighted by molar-refractivity contribution is -0.898. The van der Waals surface area contributed by atoms with Crippen molar-refractivity contribution in [1.29, 1.82) is 0 Å². The van der Waals surface area contributed by atoms with Crippen LogP contribution in [0.25, 0.3) is 0 Å². The number of nitrogens with zero attached hydrogens (tertiary/aromatic N) is 3. The van der Waals surface area contributed by atoms with Crippen molar-refractivity contribution in [3.63, 3.8) is 0 Å². The van der Waals surface area contributed by atoms with E-state index in [1.807, 2.05) is 38.4 Å². The van der Waals surface area contributed by atoms with E-state index in [9.17, 15) is 14.7 Å². The number of benzene rings is 3. The van der Waals surface area contributed by atoms with E-state index in [2.05, 4.69) is 77.4 Å². The summed E-state index contributed by atoms with van der Waals surface area (Å²) in [6.45, 7) is 5.71. The fraction of sp³-hybridized carbons (Fsp3) is 0.500. The van der Waals surface area contributed by atoms with Gasteiger partial charge in [0.25, 0.3) is 0 Å². The molecule has 1 atom stereocenters. The molecular weight excluding hydrogens is 691 g/mol. The van der Waals surface area contributed by atoms with Gasteiger partial charge in [0, 0.05) is 48.7 Å². The number of piperidine rings is 2. The predicted octanol–water partition coefficient (Wildman–Crippen LogP) is 7.16. The Balaban J connectivity index is 0.00000338. The summed E-state index contributed by atoms with van der Waals surface area (Å²) >= 11 is 6.18. The van der Waals surface area contributed by atoms with Gasteiger partial charge in [0.05, 0.1) is 25.1 Å². The van der Waals surface area contributed by atoms with Crippen LogP contribution < -0.4 is 5.73 Å². The minimum Gasteiger partial charge on any atom is -0.385 e. The molecule has 7 nitrogen and oxygen atoms in total. The zero-order valence-electron chi connectivity index (χ0n) is 29.8. The smallest absolute Gasteiger partial charge is 0.315 e. The van der Waals surface area contributed by atoms with Crippen LogP contribution in [0.15, 0.2) is 84.9 Å². The molecule has 2 saturated heterocycles. The van der Waals surface area contributed by atoms with Crippen molar-refractivity contribution < 1.29 is 19.2 Å². The van der Waals surface area contributed by atoms with Gasteiger partial charge in [0.15, 0.2) is 6.17 Å². The first-order chi connectivity index (χ1) is 23.0. The Morgan fingerprint density at radius 3 is 1.94 bits per heavy atom. The molecule has 1 unspecified atom stereocenters. The second-order valence-electron chi connectivity index (χ2n) is 14.6. The van der Waals surface area contributed by atoms with Gasteiger partial charge in [-0.1, -0.05) is 91.3 Å². The normalized spacial score (nSPS) is 21.4. The Bertz CT molecular complexity index is 1450. The number of carbonyl (C=O) groups excluding carboxylic acids is 2. The molecule has 0 saturated carbocycles. The SMILES string of the molecule is CN(C)CCCC(=O)[N+]1(C(CCC(C)(c2ccccc2)c2ccccc2)N2CCC(O)(c3ccc(Cl)cc3)CC2)CCC(C(N)=O)CC1.Cl.Cl. The standard InChI is InChI=1S/C40H53ClN4O3.2ClH/c1-39(32-11-6-4-7-12-32,33-13-8-5-9-14-33)23-20-36(44-27-24-40(48,25-28-44)34-16-18-35(41)19-17-34)45(37(46)15-10-26-43(2)3)29-21-31(22-30-45)38(42)47;;/h4-9,11-14,16-19,31,36,48H,10,15,20-30H2,1-3H3,(H-,42,47);2*1H/p+1. The number of quaternary nitrogens is 1. The zero-order valence-corrected chi connectivity index (χ0v) is 32.2. The van der Waals surface area contributed by atoms with Gasteiger partial charge in [-0.05, 0) is 75.1 Å². The Kier molecular flexibility index (Phi) is 15.4. The highest BCUT2D eigenvalue weighted by Crippen LogP contribution is 2.42. The molecule has 2 aliphatic rings. The largest absolute Gasteiger partial charge is 0.385 e. The second-order valence-corrected chi connectivity index (χ2v) is 15.1. The summed E-state index contributed by atoms with van der Waals surface area (Å²) in [6.07, 6.45) is 5.19. The number of amides is 2. The van der Waals surface area contributed by atoms with E-state index in [4.69, 9.17) is 17.3 Å². The number of aliphatic hydroxyl groups is 1. The van der Waals surface area contributed by atoms with Crippen molar-refractivity contribution in [2.24, 2.45) is 11.7 Å². The monoisotopic (exact) mass is 745 g/mol. The first-order valence-electron chi connectivity index (χ1n) is 17.6. The number of likely N-dealkylation sites (tertiary alicyclic amines) is 2. The molecule has 2 fully saturated rings. The molecule has 3 N–H and O–H groups in total. The summed E-state index contributed by atoms with van der Waals surface area (Å²) in [6, 6.07) is 28.9. The Morgan fingerprint density at radius 1 is 0.940 bits per heavy atom. The molecule has 3 aromatic carbocycles. The third-order valence-corrected chi connectivity index (χ3v) is 11.6. The predicted molar refractivity (Wildman–Crippen MR) is 208 cm³/mol. The zero-order chi connectivity index (χ0) is 34.4. The van der Waals surface area contributed by atoms with Crippen molar-refractivity contribution >= 4 is 48.2 Å². The lowest BCUT2D eigenvalue weighted by Crippen LogP contribution is -2.69. The van der Waals surface area contributed by atoms with E-state index in [-0.39, 0.29) is 54.1 Å². The van der Waals surface area contributed by atoms with Gasteiger partial charge in [-0.15, -0.1) is 24.8 Å². The quantitative estimate of drug-likeness (QED) is 0.182. The van der Waals surface area contributed by atoms with Gasteiger partial charge in [-0.2, -0.15) is 0 Å². The van der Waals surface area contributed by atoms with E-state index in [0.29, 0.717) is 67.8 Å². The second kappa shape index (κ2) is 18.3. The van der Waals surface area contributed by atoms with Gasteiger partial charge in [0.2, 0.25) is 5.91 Å². The Morgan fingerprint density at radius 2 is 1.46 bits per heavy atom. The van der Waals surface area contributed by atoms with E-state index in [1.54, 1.807) is 0 Å². The lowest BCUT2D eigenvalue weighted by atomic mass is 9.72. The summed E-state index contributed by atoms with van der Waals surface area (Å²) in [5.74, 6) is -0.220. The Labute approximate surface area is 316 Å². The van der Waals surface area contributed by atoms with E-state index >= 15 is 0 Å². The van der Waals surface area contributed by atoms with Crippen molar-refractivity contribution in [2.45, 2.75) is 75.5 Å².